The lowest BCUT2D eigenvalue weighted by molar-refractivity contribution is 0.0526. The number of hydrogen-bond donors (Lipinski definition) is 1. The van der Waals surface area contributed by atoms with Gasteiger partial charge in [-0.05, 0) is 62.2 Å². The van der Waals surface area contributed by atoms with Crippen LogP contribution in [0.3, 0.4) is 0 Å². The molecule has 6 nitrogen and oxygen atoms in total. The highest BCUT2D eigenvalue weighted by atomic mass is 16.5. The Morgan fingerprint density at radius 3 is 2.30 bits per heavy atom. The first-order chi connectivity index (χ1) is 13.1. The molecule has 1 fully saturated rings. The first kappa shape index (κ1) is 18.6. The Hall–Kier alpha value is -3.15. The van der Waals surface area contributed by atoms with Gasteiger partial charge < -0.3 is 15.0 Å². The third-order valence-electron chi connectivity index (χ3n) is 4.42. The molecule has 1 N–H and O–H groups in total. The molecule has 0 atom stereocenters. The number of anilines is 1. The molecule has 0 saturated carbocycles. The van der Waals surface area contributed by atoms with Crippen LogP contribution < -0.4 is 5.32 Å². The number of hydrogen-bond acceptors (Lipinski definition) is 4. The maximum atomic E-state index is 12.5. The molecule has 6 heteroatoms. The van der Waals surface area contributed by atoms with E-state index in [1.807, 2.05) is 4.90 Å². The summed E-state index contributed by atoms with van der Waals surface area (Å²) in [6.07, 6.45) is 2.04. The fourth-order valence-electron chi connectivity index (χ4n) is 3.00. The van der Waals surface area contributed by atoms with Crippen LogP contribution in [0.15, 0.2) is 48.5 Å². The van der Waals surface area contributed by atoms with Crippen molar-refractivity contribution >= 4 is 23.5 Å². The molecule has 0 radical (unpaired) electrons. The van der Waals surface area contributed by atoms with Crippen molar-refractivity contribution in [3.05, 3.63) is 65.2 Å². The van der Waals surface area contributed by atoms with Gasteiger partial charge in [-0.15, -0.1) is 0 Å². The summed E-state index contributed by atoms with van der Waals surface area (Å²) in [6.45, 7) is 3.59. The molecular weight excluding hydrogens is 344 g/mol. The van der Waals surface area contributed by atoms with Gasteiger partial charge >= 0.3 is 5.97 Å². The van der Waals surface area contributed by atoms with Gasteiger partial charge in [0.1, 0.15) is 0 Å². The van der Waals surface area contributed by atoms with Crippen LogP contribution in [0, 0.1) is 0 Å². The molecule has 0 bridgehead atoms. The molecule has 0 spiro atoms. The van der Waals surface area contributed by atoms with Gasteiger partial charge in [-0.25, -0.2) is 4.79 Å². The zero-order valence-corrected chi connectivity index (χ0v) is 15.2. The fourth-order valence-corrected chi connectivity index (χ4v) is 3.00. The lowest BCUT2D eigenvalue weighted by atomic mass is 10.1. The van der Waals surface area contributed by atoms with E-state index in [1.165, 1.54) is 0 Å². The summed E-state index contributed by atoms with van der Waals surface area (Å²) in [6, 6.07) is 13.2. The first-order valence-corrected chi connectivity index (χ1v) is 9.06. The molecule has 0 aliphatic carbocycles. The third kappa shape index (κ3) is 4.53. The lowest BCUT2D eigenvalue weighted by Crippen LogP contribution is -2.27. The number of esters is 1. The fraction of sp³-hybridized carbons (Fsp3) is 0.286. The van der Waals surface area contributed by atoms with Gasteiger partial charge in [0, 0.05) is 29.9 Å². The Labute approximate surface area is 158 Å². The number of carbonyl (C=O) groups excluding carboxylic acids is 3. The molecular formula is C21H22N2O4. The van der Waals surface area contributed by atoms with Crippen LogP contribution in [0.25, 0.3) is 0 Å². The summed E-state index contributed by atoms with van der Waals surface area (Å²) in [5.41, 5.74) is 1.91. The van der Waals surface area contributed by atoms with Crippen molar-refractivity contribution in [2.24, 2.45) is 0 Å². The molecule has 1 aliphatic heterocycles. The summed E-state index contributed by atoms with van der Waals surface area (Å²) in [5.74, 6) is -0.751. The second-order valence-electron chi connectivity index (χ2n) is 6.33. The van der Waals surface area contributed by atoms with Crippen molar-refractivity contribution in [2.45, 2.75) is 19.8 Å². The van der Waals surface area contributed by atoms with E-state index in [4.69, 9.17) is 4.74 Å². The predicted octanol–water partition coefficient (Wildman–Crippen LogP) is 3.35. The number of nitrogens with zero attached hydrogens (tertiary/aromatic N) is 1. The molecule has 3 rings (SSSR count). The number of nitrogens with one attached hydrogen (secondary N) is 1. The third-order valence-corrected chi connectivity index (χ3v) is 4.42. The molecule has 2 aromatic carbocycles. The van der Waals surface area contributed by atoms with E-state index in [0.29, 0.717) is 29.0 Å². The smallest absolute Gasteiger partial charge is 0.338 e. The zero-order chi connectivity index (χ0) is 19.2. The topological polar surface area (TPSA) is 75.7 Å². The summed E-state index contributed by atoms with van der Waals surface area (Å²) < 4.78 is 4.93. The highest BCUT2D eigenvalue weighted by Gasteiger charge is 2.20. The Morgan fingerprint density at radius 2 is 1.63 bits per heavy atom. The van der Waals surface area contributed by atoms with Gasteiger partial charge in [-0.3, -0.25) is 9.59 Å². The van der Waals surface area contributed by atoms with Crippen LogP contribution in [-0.2, 0) is 4.74 Å². The zero-order valence-electron chi connectivity index (χ0n) is 15.2. The summed E-state index contributed by atoms with van der Waals surface area (Å²) >= 11 is 0. The first-order valence-electron chi connectivity index (χ1n) is 9.06. The van der Waals surface area contributed by atoms with Crippen LogP contribution in [0.2, 0.25) is 0 Å². The van der Waals surface area contributed by atoms with Crippen LogP contribution in [0.4, 0.5) is 5.69 Å². The summed E-state index contributed by atoms with van der Waals surface area (Å²) in [7, 11) is 0. The SMILES string of the molecule is CCOC(=O)c1ccc(NC(=O)c2cccc(C(=O)N3CCCC3)c2)cc1. The minimum atomic E-state index is -0.400. The van der Waals surface area contributed by atoms with Gasteiger partial charge in [-0.1, -0.05) is 6.07 Å². The second-order valence-corrected chi connectivity index (χ2v) is 6.33. The number of amides is 2. The molecule has 0 aromatic heterocycles. The van der Waals surface area contributed by atoms with E-state index >= 15 is 0 Å². The monoisotopic (exact) mass is 366 g/mol. The number of carbonyl (C=O) groups is 3. The predicted molar refractivity (Wildman–Crippen MR) is 102 cm³/mol. The largest absolute Gasteiger partial charge is 0.462 e. The van der Waals surface area contributed by atoms with Crippen LogP contribution in [0.5, 0.6) is 0 Å². The number of benzene rings is 2. The number of rotatable bonds is 5. The quantitative estimate of drug-likeness (QED) is 0.824. The number of ether oxygens (including phenoxy) is 1. The van der Waals surface area contributed by atoms with E-state index in [0.717, 1.165) is 25.9 Å². The lowest BCUT2D eigenvalue weighted by Gasteiger charge is -2.15. The second kappa shape index (κ2) is 8.49. The molecule has 1 saturated heterocycles. The van der Waals surface area contributed by atoms with E-state index < -0.39 is 5.97 Å². The summed E-state index contributed by atoms with van der Waals surface area (Å²) in [4.78, 5) is 38.5. The van der Waals surface area contributed by atoms with Gasteiger partial charge in [0.15, 0.2) is 0 Å². The minimum Gasteiger partial charge on any atom is -0.462 e. The van der Waals surface area contributed by atoms with Gasteiger partial charge in [0.25, 0.3) is 11.8 Å². The Balaban J connectivity index is 1.68. The van der Waals surface area contributed by atoms with Gasteiger partial charge in [-0.2, -0.15) is 0 Å². The van der Waals surface area contributed by atoms with Crippen molar-refractivity contribution in [3.8, 4) is 0 Å². The van der Waals surface area contributed by atoms with Gasteiger partial charge in [0.05, 0.1) is 12.2 Å². The van der Waals surface area contributed by atoms with E-state index in [-0.39, 0.29) is 11.8 Å². The maximum absolute atomic E-state index is 12.5. The van der Waals surface area contributed by atoms with Crippen molar-refractivity contribution < 1.29 is 19.1 Å². The Kier molecular flexibility index (Phi) is 5.86. The minimum absolute atomic E-state index is 0.0408. The Bertz CT molecular complexity index is 840. The van der Waals surface area contributed by atoms with Crippen molar-refractivity contribution in [1.82, 2.24) is 4.90 Å². The standard InChI is InChI=1S/C21H22N2O4/c1-2-27-21(26)15-8-10-18(11-9-15)22-19(24)16-6-5-7-17(14-16)20(25)23-12-3-4-13-23/h5-11,14H,2-4,12-13H2,1H3,(H,22,24). The van der Waals surface area contributed by atoms with E-state index in [1.54, 1.807) is 55.5 Å². The molecule has 1 heterocycles. The van der Waals surface area contributed by atoms with Crippen molar-refractivity contribution in [2.75, 3.05) is 25.0 Å². The average molecular weight is 366 g/mol. The molecule has 27 heavy (non-hydrogen) atoms. The molecule has 140 valence electrons. The van der Waals surface area contributed by atoms with E-state index in [2.05, 4.69) is 5.32 Å². The molecule has 1 aliphatic rings. The van der Waals surface area contributed by atoms with Crippen molar-refractivity contribution in [3.63, 3.8) is 0 Å². The Morgan fingerprint density at radius 1 is 0.963 bits per heavy atom. The molecule has 2 amide bonds. The van der Waals surface area contributed by atoms with Crippen LogP contribution in [0.1, 0.15) is 50.8 Å². The maximum Gasteiger partial charge on any atom is 0.338 e. The number of likely N-dealkylation sites (tertiary alicyclic amines) is 1. The van der Waals surface area contributed by atoms with Crippen LogP contribution >= 0.6 is 0 Å². The normalized spacial score (nSPS) is 13.3. The van der Waals surface area contributed by atoms with Crippen molar-refractivity contribution in [1.29, 1.82) is 0 Å². The molecule has 0 unspecified atom stereocenters. The molecule has 2 aromatic rings. The summed E-state index contributed by atoms with van der Waals surface area (Å²) in [5, 5.41) is 2.78. The highest BCUT2D eigenvalue weighted by molar-refractivity contribution is 6.06. The highest BCUT2D eigenvalue weighted by Crippen LogP contribution is 2.16. The average Bonchev–Trinajstić information content (AvgIpc) is 3.23. The van der Waals surface area contributed by atoms with Gasteiger partial charge in [0.2, 0.25) is 0 Å². The van der Waals surface area contributed by atoms with Crippen LogP contribution in [-0.4, -0.2) is 42.4 Å². The van der Waals surface area contributed by atoms with E-state index in [9.17, 15) is 14.4 Å².